The van der Waals surface area contributed by atoms with Gasteiger partial charge >= 0.3 is 0 Å². The molecule has 0 aromatic rings. The van der Waals surface area contributed by atoms with Gasteiger partial charge in [0.2, 0.25) is 0 Å². The molecule has 1 aliphatic rings. The quantitative estimate of drug-likeness (QED) is 0.537. The number of unbranched alkanes of at least 4 members (excludes halogenated alkanes) is 3. The lowest BCUT2D eigenvalue weighted by molar-refractivity contribution is 0.0704. The standard InChI is InChI=1S/C10H20O/c1-3-4-5-6-7-10(11-2)8-9-10/h3-9H2,1-2H3. The van der Waals surface area contributed by atoms with E-state index in [2.05, 4.69) is 6.92 Å². The predicted molar refractivity (Wildman–Crippen MR) is 47.7 cm³/mol. The van der Waals surface area contributed by atoms with Gasteiger partial charge in [-0.15, -0.1) is 0 Å². The number of hydrogen-bond acceptors (Lipinski definition) is 1. The lowest BCUT2D eigenvalue weighted by Crippen LogP contribution is -2.10. The highest BCUT2D eigenvalue weighted by Gasteiger charge is 2.41. The Morgan fingerprint density at radius 3 is 2.36 bits per heavy atom. The first-order valence-electron chi connectivity index (χ1n) is 4.88. The zero-order valence-corrected chi connectivity index (χ0v) is 7.86. The lowest BCUT2D eigenvalue weighted by Gasteiger charge is -2.11. The van der Waals surface area contributed by atoms with Gasteiger partial charge in [-0.3, -0.25) is 0 Å². The van der Waals surface area contributed by atoms with Gasteiger partial charge in [0.1, 0.15) is 0 Å². The highest BCUT2D eigenvalue weighted by molar-refractivity contribution is 4.94. The molecule has 1 saturated carbocycles. The predicted octanol–water partition coefficient (Wildman–Crippen LogP) is 3.14. The van der Waals surface area contributed by atoms with Crippen molar-refractivity contribution in [1.29, 1.82) is 0 Å². The van der Waals surface area contributed by atoms with Gasteiger partial charge in [0, 0.05) is 7.11 Å². The summed E-state index contributed by atoms with van der Waals surface area (Å²) in [4.78, 5) is 0. The van der Waals surface area contributed by atoms with Crippen LogP contribution in [0.4, 0.5) is 0 Å². The first-order valence-corrected chi connectivity index (χ1v) is 4.88. The third-order valence-electron chi connectivity index (χ3n) is 2.73. The summed E-state index contributed by atoms with van der Waals surface area (Å²) in [5.74, 6) is 0. The van der Waals surface area contributed by atoms with Crippen molar-refractivity contribution < 1.29 is 4.74 Å². The first kappa shape index (κ1) is 9.05. The van der Waals surface area contributed by atoms with Crippen LogP contribution in [0, 0.1) is 0 Å². The Morgan fingerprint density at radius 1 is 1.18 bits per heavy atom. The molecule has 0 heterocycles. The van der Waals surface area contributed by atoms with E-state index in [1.54, 1.807) is 0 Å². The Kier molecular flexibility index (Phi) is 3.38. The minimum atomic E-state index is 0.341. The highest BCUT2D eigenvalue weighted by atomic mass is 16.5. The summed E-state index contributed by atoms with van der Waals surface area (Å²) in [5, 5.41) is 0. The normalized spacial score (nSPS) is 20.2. The molecule has 1 heteroatoms. The van der Waals surface area contributed by atoms with E-state index in [0.717, 1.165) is 0 Å². The molecule has 0 aliphatic heterocycles. The Balaban J connectivity index is 1.94. The Morgan fingerprint density at radius 2 is 1.91 bits per heavy atom. The number of methoxy groups -OCH3 is 1. The molecule has 0 N–H and O–H groups in total. The summed E-state index contributed by atoms with van der Waals surface area (Å²) >= 11 is 0. The molecule has 0 amide bonds. The second-order valence-corrected chi connectivity index (χ2v) is 3.70. The van der Waals surface area contributed by atoms with Gasteiger partial charge in [0.15, 0.2) is 0 Å². The van der Waals surface area contributed by atoms with Gasteiger partial charge in [0.05, 0.1) is 5.60 Å². The number of ether oxygens (including phenoxy) is 1. The highest BCUT2D eigenvalue weighted by Crippen LogP contribution is 2.43. The van der Waals surface area contributed by atoms with E-state index < -0.39 is 0 Å². The summed E-state index contributed by atoms with van der Waals surface area (Å²) in [6.07, 6.45) is 9.37. The fourth-order valence-electron chi connectivity index (χ4n) is 1.57. The van der Waals surface area contributed by atoms with E-state index in [1.807, 2.05) is 7.11 Å². The molecule has 0 atom stereocenters. The lowest BCUT2D eigenvalue weighted by atomic mass is 10.1. The van der Waals surface area contributed by atoms with Crippen molar-refractivity contribution in [1.82, 2.24) is 0 Å². The Hall–Kier alpha value is -0.0400. The molecular weight excluding hydrogens is 136 g/mol. The van der Waals surface area contributed by atoms with Crippen molar-refractivity contribution in [2.75, 3.05) is 7.11 Å². The second kappa shape index (κ2) is 4.10. The van der Waals surface area contributed by atoms with E-state index >= 15 is 0 Å². The van der Waals surface area contributed by atoms with Gasteiger partial charge in [-0.25, -0.2) is 0 Å². The fourth-order valence-corrected chi connectivity index (χ4v) is 1.57. The third kappa shape index (κ3) is 2.82. The average Bonchev–Trinajstić information content (AvgIpc) is 2.80. The summed E-state index contributed by atoms with van der Waals surface area (Å²) in [6.45, 7) is 2.25. The topological polar surface area (TPSA) is 9.23 Å². The molecule has 0 spiro atoms. The molecule has 11 heavy (non-hydrogen) atoms. The van der Waals surface area contributed by atoms with Gasteiger partial charge in [0.25, 0.3) is 0 Å². The molecule has 66 valence electrons. The van der Waals surface area contributed by atoms with Crippen LogP contribution in [0.2, 0.25) is 0 Å². The zero-order chi connectivity index (χ0) is 8.16. The van der Waals surface area contributed by atoms with Gasteiger partial charge < -0.3 is 4.74 Å². The zero-order valence-electron chi connectivity index (χ0n) is 7.86. The van der Waals surface area contributed by atoms with Crippen molar-refractivity contribution in [2.24, 2.45) is 0 Å². The van der Waals surface area contributed by atoms with Crippen LogP contribution >= 0.6 is 0 Å². The molecule has 0 radical (unpaired) electrons. The van der Waals surface area contributed by atoms with Crippen molar-refractivity contribution in [3.05, 3.63) is 0 Å². The minimum absolute atomic E-state index is 0.341. The van der Waals surface area contributed by atoms with Gasteiger partial charge in [-0.05, 0) is 19.3 Å². The number of rotatable bonds is 6. The third-order valence-corrected chi connectivity index (χ3v) is 2.73. The van der Waals surface area contributed by atoms with Crippen LogP contribution in [0.15, 0.2) is 0 Å². The Bertz CT molecular complexity index is 105. The van der Waals surface area contributed by atoms with E-state index in [4.69, 9.17) is 4.74 Å². The smallest absolute Gasteiger partial charge is 0.0681 e. The summed E-state index contributed by atoms with van der Waals surface area (Å²) in [7, 11) is 1.85. The maximum absolute atomic E-state index is 5.43. The van der Waals surface area contributed by atoms with Crippen molar-refractivity contribution in [2.45, 2.75) is 57.5 Å². The molecule has 1 aliphatic carbocycles. The summed E-state index contributed by atoms with van der Waals surface area (Å²) in [5.41, 5.74) is 0.341. The molecule has 0 saturated heterocycles. The van der Waals surface area contributed by atoms with Gasteiger partial charge in [-0.2, -0.15) is 0 Å². The minimum Gasteiger partial charge on any atom is -0.378 e. The van der Waals surface area contributed by atoms with Crippen LogP contribution < -0.4 is 0 Å². The summed E-state index contributed by atoms with van der Waals surface area (Å²) < 4.78 is 5.43. The fraction of sp³-hybridized carbons (Fsp3) is 1.00. The second-order valence-electron chi connectivity index (χ2n) is 3.70. The van der Waals surface area contributed by atoms with Crippen LogP contribution in [0.5, 0.6) is 0 Å². The summed E-state index contributed by atoms with van der Waals surface area (Å²) in [6, 6.07) is 0. The molecule has 1 rings (SSSR count). The molecule has 1 fully saturated rings. The van der Waals surface area contributed by atoms with Crippen LogP contribution in [0.1, 0.15) is 51.9 Å². The van der Waals surface area contributed by atoms with E-state index in [9.17, 15) is 0 Å². The maximum atomic E-state index is 5.43. The van der Waals surface area contributed by atoms with Crippen LogP contribution in [0.25, 0.3) is 0 Å². The van der Waals surface area contributed by atoms with Crippen LogP contribution in [0.3, 0.4) is 0 Å². The first-order chi connectivity index (χ1) is 5.33. The SMILES string of the molecule is CCCCCCC1(OC)CC1. The number of hydrogen-bond donors (Lipinski definition) is 0. The van der Waals surface area contributed by atoms with E-state index in [0.29, 0.717) is 5.60 Å². The van der Waals surface area contributed by atoms with Crippen molar-refractivity contribution in [3.8, 4) is 0 Å². The average molecular weight is 156 g/mol. The van der Waals surface area contributed by atoms with Crippen molar-refractivity contribution >= 4 is 0 Å². The molecule has 1 nitrogen and oxygen atoms in total. The van der Waals surface area contributed by atoms with Gasteiger partial charge in [-0.1, -0.05) is 32.6 Å². The van der Waals surface area contributed by atoms with Crippen LogP contribution in [-0.4, -0.2) is 12.7 Å². The Labute approximate surface area is 70.1 Å². The van der Waals surface area contributed by atoms with E-state index in [1.165, 1.54) is 44.9 Å². The molecular formula is C10H20O. The molecule has 0 bridgehead atoms. The largest absolute Gasteiger partial charge is 0.378 e. The van der Waals surface area contributed by atoms with Crippen molar-refractivity contribution in [3.63, 3.8) is 0 Å². The maximum Gasteiger partial charge on any atom is 0.0681 e. The molecule has 0 aromatic heterocycles. The van der Waals surface area contributed by atoms with E-state index in [-0.39, 0.29) is 0 Å². The monoisotopic (exact) mass is 156 g/mol. The van der Waals surface area contributed by atoms with Crippen LogP contribution in [-0.2, 0) is 4.74 Å². The molecule has 0 aromatic carbocycles. The molecule has 0 unspecified atom stereocenters.